The van der Waals surface area contributed by atoms with E-state index in [1.54, 1.807) is 11.3 Å². The average molecular weight is 261 g/mol. The number of aromatic nitrogens is 2. The first kappa shape index (κ1) is 11.9. The van der Waals surface area contributed by atoms with Crippen molar-refractivity contribution < 1.29 is 0 Å². The fourth-order valence-corrected chi connectivity index (χ4v) is 3.97. The number of hydrogen-bond donors (Lipinski definition) is 1. The van der Waals surface area contributed by atoms with E-state index in [4.69, 9.17) is 10.7 Å². The topological polar surface area (TPSA) is 51.8 Å². The molecule has 96 valence electrons. The van der Waals surface area contributed by atoms with Crippen LogP contribution in [0.1, 0.15) is 48.4 Å². The molecule has 18 heavy (non-hydrogen) atoms. The Balaban J connectivity index is 2.10. The minimum Gasteiger partial charge on any atom is -0.383 e. The Morgan fingerprint density at radius 1 is 1.22 bits per heavy atom. The monoisotopic (exact) mass is 261 g/mol. The molecule has 2 aromatic rings. The summed E-state index contributed by atoms with van der Waals surface area (Å²) >= 11 is 1.74. The van der Waals surface area contributed by atoms with Gasteiger partial charge in [-0.3, -0.25) is 0 Å². The van der Waals surface area contributed by atoms with E-state index < -0.39 is 0 Å². The van der Waals surface area contributed by atoms with Crippen molar-refractivity contribution in [3.8, 4) is 0 Å². The van der Waals surface area contributed by atoms with Gasteiger partial charge in [0, 0.05) is 10.8 Å². The minimum absolute atomic E-state index is 0.509. The van der Waals surface area contributed by atoms with Crippen LogP contribution in [0, 0.1) is 19.8 Å². The van der Waals surface area contributed by atoms with Crippen LogP contribution < -0.4 is 5.73 Å². The van der Waals surface area contributed by atoms with Crippen LogP contribution >= 0.6 is 11.3 Å². The summed E-state index contributed by atoms with van der Waals surface area (Å²) in [5.74, 6) is 2.93. The molecule has 4 heteroatoms. The molecule has 3 nitrogen and oxygen atoms in total. The molecule has 0 bridgehead atoms. The highest BCUT2D eigenvalue weighted by Gasteiger charge is 2.26. The Hall–Kier alpha value is -1.16. The molecule has 0 spiro atoms. The third kappa shape index (κ3) is 1.79. The molecule has 0 aromatic carbocycles. The number of hydrogen-bond acceptors (Lipinski definition) is 4. The van der Waals surface area contributed by atoms with Crippen molar-refractivity contribution in [2.45, 2.75) is 46.0 Å². The van der Waals surface area contributed by atoms with Gasteiger partial charge >= 0.3 is 0 Å². The number of fused-ring (bicyclic) bond motifs is 1. The Bertz CT molecular complexity index is 603. The summed E-state index contributed by atoms with van der Waals surface area (Å²) < 4.78 is 0. The molecule has 2 atom stereocenters. The van der Waals surface area contributed by atoms with Crippen molar-refractivity contribution in [3.63, 3.8) is 0 Å². The van der Waals surface area contributed by atoms with Gasteiger partial charge in [-0.15, -0.1) is 11.3 Å². The Labute approximate surface area is 111 Å². The lowest BCUT2D eigenvalue weighted by molar-refractivity contribution is 0.587. The summed E-state index contributed by atoms with van der Waals surface area (Å²) in [6.45, 7) is 6.53. The highest BCUT2D eigenvalue weighted by molar-refractivity contribution is 7.18. The van der Waals surface area contributed by atoms with Gasteiger partial charge in [0.2, 0.25) is 0 Å². The quantitative estimate of drug-likeness (QED) is 0.849. The van der Waals surface area contributed by atoms with Crippen molar-refractivity contribution in [2.75, 3.05) is 5.73 Å². The zero-order valence-electron chi connectivity index (χ0n) is 11.2. The Morgan fingerprint density at radius 2 is 2.00 bits per heavy atom. The normalized spacial score (nSPS) is 23.9. The van der Waals surface area contributed by atoms with Gasteiger partial charge in [-0.05, 0) is 44.6 Å². The SMILES string of the molecule is Cc1sc2nc(C3CCC(C)C3)nc(N)c2c1C. The maximum absolute atomic E-state index is 6.13. The number of rotatable bonds is 1. The van der Waals surface area contributed by atoms with E-state index in [1.807, 2.05) is 0 Å². The van der Waals surface area contributed by atoms with Gasteiger partial charge in [0.15, 0.2) is 0 Å². The van der Waals surface area contributed by atoms with Crippen LogP contribution in [0.15, 0.2) is 0 Å². The minimum atomic E-state index is 0.509. The lowest BCUT2D eigenvalue weighted by Crippen LogP contribution is -2.04. The molecular weight excluding hydrogens is 242 g/mol. The number of aryl methyl sites for hydroxylation is 2. The maximum atomic E-state index is 6.13. The second-order valence-corrected chi connectivity index (χ2v) is 6.75. The first-order chi connectivity index (χ1) is 8.56. The molecule has 1 fully saturated rings. The van der Waals surface area contributed by atoms with Crippen molar-refractivity contribution >= 4 is 27.4 Å². The van der Waals surface area contributed by atoms with E-state index in [2.05, 4.69) is 25.8 Å². The first-order valence-corrected chi connectivity index (χ1v) is 7.41. The number of nitrogens with two attached hydrogens (primary N) is 1. The van der Waals surface area contributed by atoms with E-state index in [9.17, 15) is 0 Å². The van der Waals surface area contributed by atoms with Crippen LogP contribution in [0.2, 0.25) is 0 Å². The molecule has 2 aromatic heterocycles. The van der Waals surface area contributed by atoms with Crippen LogP contribution in [0.4, 0.5) is 5.82 Å². The molecular formula is C14H19N3S. The largest absolute Gasteiger partial charge is 0.383 e. The average Bonchev–Trinajstić information content (AvgIpc) is 2.85. The molecule has 3 rings (SSSR count). The molecule has 0 radical (unpaired) electrons. The molecule has 2 heterocycles. The van der Waals surface area contributed by atoms with Gasteiger partial charge in [0.25, 0.3) is 0 Å². The number of nitrogens with zero attached hydrogens (tertiary/aromatic N) is 2. The number of anilines is 1. The summed E-state index contributed by atoms with van der Waals surface area (Å²) in [4.78, 5) is 11.7. The van der Waals surface area contributed by atoms with Gasteiger partial charge in [-0.25, -0.2) is 9.97 Å². The lowest BCUT2D eigenvalue weighted by atomic mass is 10.1. The van der Waals surface area contributed by atoms with Crippen molar-refractivity contribution in [2.24, 2.45) is 5.92 Å². The summed E-state index contributed by atoms with van der Waals surface area (Å²) in [5.41, 5.74) is 7.36. The molecule has 1 aliphatic carbocycles. The van der Waals surface area contributed by atoms with E-state index >= 15 is 0 Å². The van der Waals surface area contributed by atoms with Gasteiger partial charge in [0.05, 0.1) is 5.39 Å². The maximum Gasteiger partial charge on any atom is 0.136 e. The van der Waals surface area contributed by atoms with Crippen LogP contribution in [0.5, 0.6) is 0 Å². The van der Waals surface area contributed by atoms with Crippen molar-refractivity contribution in [3.05, 3.63) is 16.3 Å². The van der Waals surface area contributed by atoms with Gasteiger partial charge < -0.3 is 5.73 Å². The van der Waals surface area contributed by atoms with Crippen LogP contribution in [-0.4, -0.2) is 9.97 Å². The van der Waals surface area contributed by atoms with Crippen LogP contribution in [-0.2, 0) is 0 Å². The van der Waals surface area contributed by atoms with Crippen molar-refractivity contribution in [1.82, 2.24) is 9.97 Å². The fraction of sp³-hybridized carbons (Fsp3) is 0.571. The second kappa shape index (κ2) is 4.19. The number of thiophene rings is 1. The van der Waals surface area contributed by atoms with Crippen LogP contribution in [0.3, 0.4) is 0 Å². The molecule has 2 N–H and O–H groups in total. The Morgan fingerprint density at radius 3 is 2.67 bits per heavy atom. The summed E-state index contributed by atoms with van der Waals surface area (Å²) in [7, 11) is 0. The fourth-order valence-electron chi connectivity index (χ4n) is 2.92. The summed E-state index contributed by atoms with van der Waals surface area (Å²) in [6.07, 6.45) is 3.69. The van der Waals surface area contributed by atoms with E-state index in [0.29, 0.717) is 11.7 Å². The predicted molar refractivity (Wildman–Crippen MR) is 77.1 cm³/mol. The molecule has 2 unspecified atom stereocenters. The smallest absolute Gasteiger partial charge is 0.136 e. The molecule has 0 aliphatic heterocycles. The number of nitrogen functional groups attached to an aromatic ring is 1. The highest BCUT2D eigenvalue weighted by atomic mass is 32.1. The lowest BCUT2D eigenvalue weighted by Gasteiger charge is -2.09. The second-order valence-electron chi connectivity index (χ2n) is 5.55. The van der Waals surface area contributed by atoms with Gasteiger partial charge in [-0.2, -0.15) is 0 Å². The summed E-state index contributed by atoms with van der Waals surface area (Å²) in [5, 5.41) is 1.06. The van der Waals surface area contributed by atoms with Crippen molar-refractivity contribution in [1.29, 1.82) is 0 Å². The molecule has 0 amide bonds. The Kier molecular flexibility index (Phi) is 2.77. The highest BCUT2D eigenvalue weighted by Crippen LogP contribution is 2.39. The van der Waals surface area contributed by atoms with E-state index in [1.165, 1.54) is 29.7 Å². The zero-order valence-corrected chi connectivity index (χ0v) is 12.0. The van der Waals surface area contributed by atoms with Crippen LogP contribution in [0.25, 0.3) is 10.2 Å². The molecule has 1 saturated carbocycles. The predicted octanol–water partition coefficient (Wildman–Crippen LogP) is 3.79. The third-order valence-electron chi connectivity index (χ3n) is 4.13. The standard InChI is InChI=1S/C14H19N3S/c1-7-4-5-10(6-7)13-16-12(15)11-8(2)9(3)18-14(11)17-13/h7,10H,4-6H2,1-3H3,(H2,15,16,17). The van der Waals surface area contributed by atoms with Gasteiger partial charge in [0.1, 0.15) is 16.5 Å². The summed E-state index contributed by atoms with van der Waals surface area (Å²) in [6, 6.07) is 0. The van der Waals surface area contributed by atoms with E-state index in [0.717, 1.165) is 22.0 Å². The third-order valence-corrected chi connectivity index (χ3v) is 5.24. The first-order valence-electron chi connectivity index (χ1n) is 6.59. The zero-order chi connectivity index (χ0) is 12.9. The molecule has 0 saturated heterocycles. The van der Waals surface area contributed by atoms with E-state index in [-0.39, 0.29) is 0 Å². The molecule has 1 aliphatic rings. The van der Waals surface area contributed by atoms with Gasteiger partial charge in [-0.1, -0.05) is 6.92 Å².